The van der Waals surface area contributed by atoms with Crippen LogP contribution in [0.5, 0.6) is 0 Å². The van der Waals surface area contributed by atoms with Crippen molar-refractivity contribution in [2.45, 2.75) is 6.42 Å². The van der Waals surface area contributed by atoms with Gasteiger partial charge in [0.2, 0.25) is 5.95 Å². The predicted molar refractivity (Wildman–Crippen MR) is 49.9 cm³/mol. The number of pyridine rings is 1. The zero-order chi connectivity index (χ0) is 9.68. The van der Waals surface area contributed by atoms with Crippen molar-refractivity contribution in [1.82, 2.24) is 4.98 Å². The first-order valence-electron chi connectivity index (χ1n) is 3.82. The van der Waals surface area contributed by atoms with Crippen LogP contribution in [0, 0.1) is 5.95 Å². The molecule has 0 bridgehead atoms. The summed E-state index contributed by atoms with van der Waals surface area (Å²) >= 11 is 5.62. The second-order valence-corrected chi connectivity index (χ2v) is 2.88. The van der Waals surface area contributed by atoms with E-state index in [1.807, 2.05) is 0 Å². The zero-order valence-corrected chi connectivity index (χ0v) is 7.63. The minimum absolute atomic E-state index is 0.0477. The molecule has 70 valence electrons. The van der Waals surface area contributed by atoms with Gasteiger partial charge in [0, 0.05) is 18.4 Å². The Morgan fingerprint density at radius 1 is 1.62 bits per heavy atom. The maximum atomic E-state index is 12.9. The second-order valence-electron chi connectivity index (χ2n) is 2.45. The number of rotatable bonds is 3. The number of nitrogens with zero attached hydrogens (tertiary/aromatic N) is 1. The van der Waals surface area contributed by atoms with E-state index in [2.05, 4.69) is 4.98 Å². The van der Waals surface area contributed by atoms with Gasteiger partial charge in [0.25, 0.3) is 0 Å². The molecule has 1 N–H and O–H groups in total. The highest BCUT2D eigenvalue weighted by atomic mass is 35.5. The van der Waals surface area contributed by atoms with Gasteiger partial charge in [-0.25, -0.2) is 4.98 Å². The summed E-state index contributed by atoms with van der Waals surface area (Å²) in [6.07, 6.45) is 4.95. The van der Waals surface area contributed by atoms with Crippen LogP contribution in [0.3, 0.4) is 0 Å². The van der Waals surface area contributed by atoms with Crippen LogP contribution in [0.2, 0.25) is 5.02 Å². The van der Waals surface area contributed by atoms with E-state index in [1.165, 1.54) is 12.3 Å². The average molecular weight is 202 g/mol. The third kappa shape index (κ3) is 3.13. The van der Waals surface area contributed by atoms with Crippen LogP contribution in [-0.2, 0) is 0 Å². The van der Waals surface area contributed by atoms with Crippen LogP contribution in [0.4, 0.5) is 4.39 Å². The quantitative estimate of drug-likeness (QED) is 0.762. The molecule has 1 rings (SSSR count). The fourth-order valence-corrected chi connectivity index (χ4v) is 1.01. The summed E-state index contributed by atoms with van der Waals surface area (Å²) in [5.41, 5.74) is 0.334. The summed E-state index contributed by atoms with van der Waals surface area (Å²) in [7, 11) is 0. The molecule has 0 amide bonds. The Balaban J connectivity index is 2.81. The van der Waals surface area contributed by atoms with Gasteiger partial charge in [-0.2, -0.15) is 4.39 Å². The van der Waals surface area contributed by atoms with Crippen molar-refractivity contribution >= 4 is 17.7 Å². The number of aliphatic hydroxyl groups is 1. The van der Waals surface area contributed by atoms with E-state index in [1.54, 1.807) is 12.2 Å². The molecule has 0 aromatic carbocycles. The molecule has 0 saturated heterocycles. The van der Waals surface area contributed by atoms with Crippen molar-refractivity contribution < 1.29 is 9.50 Å². The summed E-state index contributed by atoms with van der Waals surface area (Å²) in [5, 5.41) is 8.88. The van der Waals surface area contributed by atoms with Gasteiger partial charge in [-0.3, -0.25) is 0 Å². The van der Waals surface area contributed by atoms with E-state index in [0.717, 1.165) is 0 Å². The first-order chi connectivity index (χ1) is 6.24. The van der Waals surface area contributed by atoms with Crippen molar-refractivity contribution in [3.8, 4) is 0 Å². The number of hydrogen-bond donors (Lipinski definition) is 1. The first-order valence-corrected chi connectivity index (χ1v) is 4.20. The lowest BCUT2D eigenvalue weighted by Gasteiger charge is -1.95. The second kappa shape index (κ2) is 4.94. The Kier molecular flexibility index (Phi) is 3.86. The van der Waals surface area contributed by atoms with E-state index in [0.29, 0.717) is 17.0 Å². The molecule has 0 fully saturated rings. The van der Waals surface area contributed by atoms with Crippen molar-refractivity contribution in [3.05, 3.63) is 34.9 Å². The number of aromatic nitrogens is 1. The molecule has 4 heteroatoms. The van der Waals surface area contributed by atoms with Crippen LogP contribution in [0.1, 0.15) is 12.0 Å². The molecule has 0 aliphatic heterocycles. The molecular weight excluding hydrogens is 193 g/mol. The predicted octanol–water partition coefficient (Wildman–Crippen LogP) is 2.27. The minimum Gasteiger partial charge on any atom is -0.396 e. The molecule has 1 heterocycles. The lowest BCUT2D eigenvalue weighted by molar-refractivity contribution is 0.303. The molecular formula is C9H9ClFNO. The average Bonchev–Trinajstić information content (AvgIpc) is 2.11. The van der Waals surface area contributed by atoms with Gasteiger partial charge < -0.3 is 5.11 Å². The fourth-order valence-electron chi connectivity index (χ4n) is 0.840. The zero-order valence-electron chi connectivity index (χ0n) is 6.87. The van der Waals surface area contributed by atoms with Gasteiger partial charge in [-0.05, 0) is 12.5 Å². The summed E-state index contributed by atoms with van der Waals surface area (Å²) in [6, 6.07) is 1.48. The summed E-state index contributed by atoms with van der Waals surface area (Å²) in [6.45, 7) is 0.0477. The third-order valence-electron chi connectivity index (χ3n) is 1.43. The molecule has 0 saturated carbocycles. The standard InChI is InChI=1S/C9H9ClFNO/c10-8-5-7(3-1-2-4-13)9(11)12-6-8/h1,3,5-6,13H,2,4H2. The highest BCUT2D eigenvalue weighted by Crippen LogP contribution is 2.13. The van der Waals surface area contributed by atoms with Gasteiger partial charge in [-0.15, -0.1) is 0 Å². The smallest absolute Gasteiger partial charge is 0.220 e. The van der Waals surface area contributed by atoms with Gasteiger partial charge in [0.1, 0.15) is 0 Å². The lowest BCUT2D eigenvalue weighted by Crippen LogP contribution is -1.87. The molecule has 0 spiro atoms. The van der Waals surface area contributed by atoms with Gasteiger partial charge in [0.15, 0.2) is 0 Å². The number of hydrogen-bond acceptors (Lipinski definition) is 2. The van der Waals surface area contributed by atoms with Crippen molar-refractivity contribution in [1.29, 1.82) is 0 Å². The molecule has 0 aliphatic carbocycles. The SMILES string of the molecule is OCCC=Cc1cc(Cl)cnc1F. The molecule has 0 aliphatic rings. The monoisotopic (exact) mass is 201 g/mol. The number of aliphatic hydroxyl groups excluding tert-OH is 1. The van der Waals surface area contributed by atoms with Crippen LogP contribution >= 0.6 is 11.6 Å². The normalized spacial score (nSPS) is 11.0. The Hall–Kier alpha value is -0.930. The highest BCUT2D eigenvalue weighted by molar-refractivity contribution is 6.30. The highest BCUT2D eigenvalue weighted by Gasteiger charge is 1.99. The summed E-state index contributed by atoms with van der Waals surface area (Å²) in [5.74, 6) is -0.557. The molecule has 0 atom stereocenters. The van der Waals surface area contributed by atoms with Crippen LogP contribution in [-0.4, -0.2) is 16.7 Å². The molecule has 13 heavy (non-hydrogen) atoms. The Bertz CT molecular complexity index is 314. The maximum absolute atomic E-state index is 12.9. The van der Waals surface area contributed by atoms with E-state index in [9.17, 15) is 4.39 Å². The maximum Gasteiger partial charge on any atom is 0.220 e. The lowest BCUT2D eigenvalue weighted by atomic mass is 10.2. The van der Waals surface area contributed by atoms with E-state index in [-0.39, 0.29) is 6.61 Å². The summed E-state index contributed by atoms with van der Waals surface area (Å²) in [4.78, 5) is 3.45. The van der Waals surface area contributed by atoms with Gasteiger partial charge in [-0.1, -0.05) is 23.8 Å². The Labute approximate surface area is 80.7 Å². The van der Waals surface area contributed by atoms with Crippen molar-refractivity contribution in [2.75, 3.05) is 6.61 Å². The van der Waals surface area contributed by atoms with Gasteiger partial charge in [0.05, 0.1) is 5.02 Å². The van der Waals surface area contributed by atoms with E-state index < -0.39 is 5.95 Å². The largest absolute Gasteiger partial charge is 0.396 e. The van der Waals surface area contributed by atoms with E-state index in [4.69, 9.17) is 16.7 Å². The van der Waals surface area contributed by atoms with E-state index >= 15 is 0 Å². The molecule has 2 nitrogen and oxygen atoms in total. The molecule has 0 unspecified atom stereocenters. The minimum atomic E-state index is -0.557. The Morgan fingerprint density at radius 2 is 2.38 bits per heavy atom. The molecule has 1 aromatic rings. The van der Waals surface area contributed by atoms with Gasteiger partial charge >= 0.3 is 0 Å². The topological polar surface area (TPSA) is 33.1 Å². The van der Waals surface area contributed by atoms with Crippen LogP contribution in [0.25, 0.3) is 6.08 Å². The third-order valence-corrected chi connectivity index (χ3v) is 1.63. The van der Waals surface area contributed by atoms with Crippen molar-refractivity contribution in [2.24, 2.45) is 0 Å². The molecule has 1 aromatic heterocycles. The first kappa shape index (κ1) is 10.2. The molecule has 0 radical (unpaired) electrons. The van der Waals surface area contributed by atoms with Crippen molar-refractivity contribution in [3.63, 3.8) is 0 Å². The van der Waals surface area contributed by atoms with Crippen LogP contribution < -0.4 is 0 Å². The fraction of sp³-hybridized carbons (Fsp3) is 0.222. The van der Waals surface area contributed by atoms with Crippen LogP contribution in [0.15, 0.2) is 18.3 Å². The Morgan fingerprint density at radius 3 is 3.08 bits per heavy atom. The number of halogens is 2. The summed E-state index contributed by atoms with van der Waals surface area (Å²) < 4.78 is 12.9.